The molecule has 0 saturated carbocycles. The van der Waals surface area contributed by atoms with Gasteiger partial charge in [-0.25, -0.2) is 10.2 Å². The van der Waals surface area contributed by atoms with Crippen molar-refractivity contribution >= 4 is 18.1 Å². The number of nitrogens with one attached hydrogen (secondary N) is 1. The molecule has 1 rings (SSSR count). The maximum Gasteiger partial charge on any atom is 0.348 e. The van der Waals surface area contributed by atoms with E-state index < -0.39 is 11.9 Å². The zero-order valence-corrected chi connectivity index (χ0v) is 8.51. The molecule has 1 aromatic rings. The molecule has 0 heterocycles. The van der Waals surface area contributed by atoms with E-state index in [4.69, 9.17) is 9.84 Å². The van der Waals surface area contributed by atoms with E-state index in [1.54, 1.807) is 24.3 Å². The van der Waals surface area contributed by atoms with Crippen molar-refractivity contribution in [2.24, 2.45) is 5.10 Å². The van der Waals surface area contributed by atoms with Gasteiger partial charge in [-0.2, -0.15) is 5.10 Å². The van der Waals surface area contributed by atoms with Gasteiger partial charge in [0.05, 0.1) is 7.11 Å². The van der Waals surface area contributed by atoms with Gasteiger partial charge in [-0.05, 0) is 24.3 Å². The van der Waals surface area contributed by atoms with Gasteiger partial charge in [-0.15, -0.1) is 0 Å². The number of hydrazone groups is 1. The standard InChI is InChI=1S/C10H10N2O4/c1-16-8-4-2-7(3-5-8)10(15)12-11-6-9(13)14/h2-6H,1H3,(H,12,15)(H,13,14)/b11-6+. The van der Waals surface area contributed by atoms with Crippen LogP contribution in [0.5, 0.6) is 5.75 Å². The zero-order valence-electron chi connectivity index (χ0n) is 8.51. The highest BCUT2D eigenvalue weighted by Crippen LogP contribution is 2.10. The topological polar surface area (TPSA) is 88.0 Å². The van der Waals surface area contributed by atoms with E-state index in [1.165, 1.54) is 7.11 Å². The summed E-state index contributed by atoms with van der Waals surface area (Å²) in [6.07, 6.45) is 0.599. The van der Waals surface area contributed by atoms with Crippen LogP contribution >= 0.6 is 0 Å². The maximum atomic E-state index is 11.4. The third kappa shape index (κ3) is 3.41. The molecule has 1 aromatic carbocycles. The molecule has 0 saturated heterocycles. The van der Waals surface area contributed by atoms with Crippen LogP contribution in [0.15, 0.2) is 29.4 Å². The highest BCUT2D eigenvalue weighted by atomic mass is 16.5. The lowest BCUT2D eigenvalue weighted by molar-refractivity contribution is -0.128. The third-order valence-electron chi connectivity index (χ3n) is 1.69. The molecule has 0 bridgehead atoms. The van der Waals surface area contributed by atoms with Gasteiger partial charge in [-0.3, -0.25) is 4.79 Å². The Morgan fingerprint density at radius 1 is 1.38 bits per heavy atom. The minimum atomic E-state index is -1.23. The molecule has 0 aliphatic rings. The van der Waals surface area contributed by atoms with E-state index in [1.807, 2.05) is 0 Å². The van der Waals surface area contributed by atoms with Crippen LogP contribution in [-0.2, 0) is 4.79 Å². The van der Waals surface area contributed by atoms with Crippen molar-refractivity contribution in [3.05, 3.63) is 29.8 Å². The van der Waals surface area contributed by atoms with Crippen LogP contribution in [0.4, 0.5) is 0 Å². The second-order valence-corrected chi connectivity index (χ2v) is 2.77. The molecule has 0 aliphatic carbocycles. The fraction of sp³-hybridized carbons (Fsp3) is 0.100. The monoisotopic (exact) mass is 222 g/mol. The van der Waals surface area contributed by atoms with E-state index in [0.717, 1.165) is 0 Å². The van der Waals surface area contributed by atoms with Crippen molar-refractivity contribution < 1.29 is 19.4 Å². The molecule has 0 fully saturated rings. The fourth-order valence-electron chi connectivity index (χ4n) is 0.953. The Balaban J connectivity index is 2.62. The van der Waals surface area contributed by atoms with Crippen molar-refractivity contribution in [2.75, 3.05) is 7.11 Å². The molecule has 16 heavy (non-hydrogen) atoms. The molecule has 0 radical (unpaired) electrons. The number of carbonyl (C=O) groups is 2. The van der Waals surface area contributed by atoms with Gasteiger partial charge < -0.3 is 9.84 Å². The van der Waals surface area contributed by atoms with Crippen molar-refractivity contribution in [3.8, 4) is 5.75 Å². The highest BCUT2D eigenvalue weighted by Gasteiger charge is 2.03. The molecule has 0 unspecified atom stereocenters. The molecule has 0 spiro atoms. The number of nitrogens with zero attached hydrogens (tertiary/aromatic N) is 1. The van der Waals surface area contributed by atoms with Crippen LogP contribution in [0.1, 0.15) is 10.4 Å². The normalized spacial score (nSPS) is 10.1. The number of carbonyl (C=O) groups excluding carboxylic acids is 1. The molecule has 84 valence electrons. The molecule has 6 nitrogen and oxygen atoms in total. The van der Waals surface area contributed by atoms with Crippen LogP contribution < -0.4 is 10.2 Å². The average Bonchev–Trinajstić information content (AvgIpc) is 2.28. The SMILES string of the molecule is COc1ccc(C(=O)N/N=C/C(=O)O)cc1. The number of rotatable bonds is 4. The summed E-state index contributed by atoms with van der Waals surface area (Å²) in [5.74, 6) is -1.08. The first-order valence-corrected chi connectivity index (χ1v) is 4.34. The Hall–Kier alpha value is -2.37. The average molecular weight is 222 g/mol. The second-order valence-electron chi connectivity index (χ2n) is 2.77. The van der Waals surface area contributed by atoms with E-state index in [0.29, 0.717) is 17.5 Å². The highest BCUT2D eigenvalue weighted by molar-refractivity contribution is 6.22. The Morgan fingerprint density at radius 3 is 2.50 bits per heavy atom. The number of aliphatic carboxylic acids is 1. The summed E-state index contributed by atoms with van der Waals surface area (Å²) >= 11 is 0. The summed E-state index contributed by atoms with van der Waals surface area (Å²) < 4.78 is 4.92. The summed E-state index contributed by atoms with van der Waals surface area (Å²) in [6, 6.07) is 6.33. The Bertz CT molecular complexity index is 411. The van der Waals surface area contributed by atoms with Gasteiger partial charge in [0.1, 0.15) is 12.0 Å². The van der Waals surface area contributed by atoms with Gasteiger partial charge in [0.2, 0.25) is 0 Å². The van der Waals surface area contributed by atoms with Gasteiger partial charge in [-0.1, -0.05) is 0 Å². The zero-order chi connectivity index (χ0) is 12.0. The fourth-order valence-corrected chi connectivity index (χ4v) is 0.953. The van der Waals surface area contributed by atoms with Gasteiger partial charge in [0.25, 0.3) is 5.91 Å². The van der Waals surface area contributed by atoms with Crippen LogP contribution in [0.25, 0.3) is 0 Å². The Labute approximate surface area is 91.5 Å². The molecule has 0 aromatic heterocycles. The number of hydrogen-bond acceptors (Lipinski definition) is 4. The Kier molecular flexibility index (Phi) is 4.02. The lowest BCUT2D eigenvalue weighted by Gasteiger charge is -2.01. The van der Waals surface area contributed by atoms with Gasteiger partial charge >= 0.3 is 5.97 Å². The Morgan fingerprint density at radius 2 is 2.00 bits per heavy atom. The summed E-state index contributed by atoms with van der Waals surface area (Å²) in [4.78, 5) is 21.5. The van der Waals surface area contributed by atoms with Crippen molar-refractivity contribution in [1.82, 2.24) is 5.43 Å². The predicted molar refractivity (Wildman–Crippen MR) is 56.6 cm³/mol. The second kappa shape index (κ2) is 5.50. The molecule has 1 amide bonds. The predicted octanol–water partition coefficient (Wildman–Crippen LogP) is 0.495. The van der Waals surface area contributed by atoms with Crippen LogP contribution in [0, 0.1) is 0 Å². The van der Waals surface area contributed by atoms with E-state index in [9.17, 15) is 9.59 Å². The third-order valence-corrected chi connectivity index (χ3v) is 1.69. The van der Waals surface area contributed by atoms with Gasteiger partial charge in [0, 0.05) is 5.56 Å². The van der Waals surface area contributed by atoms with Crippen LogP contribution in [0.2, 0.25) is 0 Å². The summed E-state index contributed by atoms with van der Waals surface area (Å²) in [6.45, 7) is 0. The maximum absolute atomic E-state index is 11.4. The first-order valence-electron chi connectivity index (χ1n) is 4.34. The lowest BCUT2D eigenvalue weighted by Crippen LogP contribution is -2.18. The molecule has 0 aliphatic heterocycles. The molecule has 0 atom stereocenters. The van der Waals surface area contributed by atoms with Gasteiger partial charge in [0.15, 0.2) is 0 Å². The number of methoxy groups -OCH3 is 1. The van der Waals surface area contributed by atoms with E-state index in [2.05, 4.69) is 10.5 Å². The van der Waals surface area contributed by atoms with Crippen LogP contribution in [0.3, 0.4) is 0 Å². The number of carboxylic acids is 1. The lowest BCUT2D eigenvalue weighted by atomic mass is 10.2. The van der Waals surface area contributed by atoms with E-state index >= 15 is 0 Å². The van der Waals surface area contributed by atoms with E-state index in [-0.39, 0.29) is 0 Å². The van der Waals surface area contributed by atoms with Crippen molar-refractivity contribution in [3.63, 3.8) is 0 Å². The molecular weight excluding hydrogens is 212 g/mol. The largest absolute Gasteiger partial charge is 0.497 e. The number of ether oxygens (including phenoxy) is 1. The number of carboxylic acid groups (broad SMARTS) is 1. The number of amides is 1. The number of benzene rings is 1. The summed E-state index contributed by atoms with van der Waals surface area (Å²) in [5.41, 5.74) is 2.44. The minimum Gasteiger partial charge on any atom is -0.497 e. The molecule has 6 heteroatoms. The van der Waals surface area contributed by atoms with Crippen molar-refractivity contribution in [2.45, 2.75) is 0 Å². The number of hydrogen-bond donors (Lipinski definition) is 2. The van der Waals surface area contributed by atoms with Crippen molar-refractivity contribution in [1.29, 1.82) is 0 Å². The molecule has 2 N–H and O–H groups in total. The quantitative estimate of drug-likeness (QED) is 0.573. The minimum absolute atomic E-state index is 0.364. The first-order chi connectivity index (χ1) is 7.63. The smallest absolute Gasteiger partial charge is 0.348 e. The molecular formula is C10H10N2O4. The van der Waals surface area contributed by atoms with Crippen LogP contribution in [-0.4, -0.2) is 30.3 Å². The summed E-state index contributed by atoms with van der Waals surface area (Å²) in [7, 11) is 1.52. The first kappa shape index (κ1) is 11.7. The summed E-state index contributed by atoms with van der Waals surface area (Å²) in [5, 5.41) is 11.5.